The van der Waals surface area contributed by atoms with Crippen molar-refractivity contribution in [3.05, 3.63) is 71.3 Å². The zero-order valence-corrected chi connectivity index (χ0v) is 16.4. The highest BCUT2D eigenvalue weighted by Crippen LogP contribution is 2.18. The highest BCUT2D eigenvalue weighted by molar-refractivity contribution is 5.94. The SMILES string of the molecule is CC[C@@H](CO)N(Cc1ccccc1)C(=O)c1ccc(CN2CCCC2=O)cc1. The van der Waals surface area contributed by atoms with Crippen LogP contribution >= 0.6 is 0 Å². The van der Waals surface area contributed by atoms with Gasteiger partial charge in [0, 0.05) is 31.6 Å². The van der Waals surface area contributed by atoms with E-state index in [1.807, 2.05) is 66.4 Å². The van der Waals surface area contributed by atoms with Gasteiger partial charge in [0.25, 0.3) is 5.91 Å². The van der Waals surface area contributed by atoms with Crippen molar-refractivity contribution in [1.29, 1.82) is 0 Å². The molecule has 1 aliphatic heterocycles. The van der Waals surface area contributed by atoms with Crippen LogP contribution in [0.15, 0.2) is 54.6 Å². The van der Waals surface area contributed by atoms with Crippen molar-refractivity contribution in [3.8, 4) is 0 Å². The lowest BCUT2D eigenvalue weighted by molar-refractivity contribution is -0.128. The third-order valence-electron chi connectivity index (χ3n) is 5.33. The molecule has 1 aliphatic rings. The van der Waals surface area contributed by atoms with E-state index in [1.165, 1.54) is 0 Å². The predicted molar refractivity (Wildman–Crippen MR) is 109 cm³/mol. The molecule has 148 valence electrons. The summed E-state index contributed by atoms with van der Waals surface area (Å²) in [5, 5.41) is 9.77. The molecule has 0 bridgehead atoms. The first-order chi connectivity index (χ1) is 13.6. The van der Waals surface area contributed by atoms with Crippen molar-refractivity contribution in [2.75, 3.05) is 13.2 Å². The van der Waals surface area contributed by atoms with Crippen LogP contribution in [0, 0.1) is 0 Å². The van der Waals surface area contributed by atoms with E-state index in [2.05, 4.69) is 0 Å². The Labute approximate surface area is 166 Å². The lowest BCUT2D eigenvalue weighted by Crippen LogP contribution is -2.41. The molecular formula is C23H28N2O3. The van der Waals surface area contributed by atoms with E-state index in [9.17, 15) is 14.7 Å². The molecule has 0 aliphatic carbocycles. The molecule has 28 heavy (non-hydrogen) atoms. The van der Waals surface area contributed by atoms with Gasteiger partial charge >= 0.3 is 0 Å². The molecule has 1 fully saturated rings. The summed E-state index contributed by atoms with van der Waals surface area (Å²) in [4.78, 5) is 28.6. The smallest absolute Gasteiger partial charge is 0.254 e. The second-order valence-corrected chi connectivity index (χ2v) is 7.28. The Morgan fingerprint density at radius 1 is 1.11 bits per heavy atom. The van der Waals surface area contributed by atoms with E-state index >= 15 is 0 Å². The minimum atomic E-state index is -0.227. The van der Waals surface area contributed by atoms with Crippen LogP contribution < -0.4 is 0 Å². The average Bonchev–Trinajstić information content (AvgIpc) is 3.13. The predicted octanol–water partition coefficient (Wildman–Crippen LogP) is 3.22. The maximum atomic E-state index is 13.2. The molecule has 0 radical (unpaired) electrons. The minimum absolute atomic E-state index is 0.0652. The first-order valence-electron chi connectivity index (χ1n) is 9.94. The van der Waals surface area contributed by atoms with Gasteiger partial charge in [-0.25, -0.2) is 0 Å². The summed E-state index contributed by atoms with van der Waals surface area (Å²) in [6.07, 6.45) is 2.23. The molecule has 0 saturated carbocycles. The molecule has 1 heterocycles. The molecule has 2 aromatic rings. The molecule has 5 nitrogen and oxygen atoms in total. The summed E-state index contributed by atoms with van der Waals surface area (Å²) < 4.78 is 0. The van der Waals surface area contributed by atoms with Crippen LogP contribution in [-0.4, -0.2) is 45.9 Å². The van der Waals surface area contributed by atoms with Gasteiger partial charge in [-0.05, 0) is 36.1 Å². The highest BCUT2D eigenvalue weighted by Gasteiger charge is 2.24. The number of carbonyl (C=O) groups excluding carboxylic acids is 2. The summed E-state index contributed by atoms with van der Waals surface area (Å²) in [7, 11) is 0. The van der Waals surface area contributed by atoms with E-state index in [0.29, 0.717) is 31.5 Å². The van der Waals surface area contributed by atoms with Crippen molar-refractivity contribution in [1.82, 2.24) is 9.80 Å². The van der Waals surface area contributed by atoms with Crippen LogP contribution in [0.4, 0.5) is 0 Å². The first-order valence-corrected chi connectivity index (χ1v) is 9.94. The summed E-state index contributed by atoms with van der Waals surface area (Å²) >= 11 is 0. The molecule has 1 atom stereocenters. The Morgan fingerprint density at radius 2 is 1.82 bits per heavy atom. The molecule has 1 saturated heterocycles. The molecule has 2 amide bonds. The summed E-state index contributed by atoms with van der Waals surface area (Å²) in [6, 6.07) is 17.1. The fraction of sp³-hybridized carbons (Fsp3) is 0.391. The summed E-state index contributed by atoms with van der Waals surface area (Å²) in [5.74, 6) is 0.108. The second kappa shape index (κ2) is 9.51. The van der Waals surface area contributed by atoms with Crippen molar-refractivity contribution >= 4 is 11.8 Å². The van der Waals surface area contributed by atoms with Crippen molar-refractivity contribution in [3.63, 3.8) is 0 Å². The van der Waals surface area contributed by atoms with Crippen molar-refractivity contribution < 1.29 is 14.7 Å². The number of aliphatic hydroxyl groups excluding tert-OH is 1. The van der Waals surface area contributed by atoms with Gasteiger partial charge in [-0.3, -0.25) is 9.59 Å². The van der Waals surface area contributed by atoms with E-state index in [1.54, 1.807) is 4.90 Å². The van der Waals surface area contributed by atoms with Gasteiger partial charge in [-0.15, -0.1) is 0 Å². The fourth-order valence-electron chi connectivity index (χ4n) is 3.61. The molecule has 3 rings (SSSR count). The molecular weight excluding hydrogens is 352 g/mol. The Balaban J connectivity index is 1.74. The third-order valence-corrected chi connectivity index (χ3v) is 5.33. The van der Waals surface area contributed by atoms with E-state index in [-0.39, 0.29) is 24.5 Å². The van der Waals surface area contributed by atoms with E-state index in [0.717, 1.165) is 24.1 Å². The van der Waals surface area contributed by atoms with E-state index < -0.39 is 0 Å². The van der Waals surface area contributed by atoms with Gasteiger partial charge in [0.2, 0.25) is 5.91 Å². The Bertz CT molecular complexity index is 785. The largest absolute Gasteiger partial charge is 0.394 e. The zero-order valence-electron chi connectivity index (χ0n) is 16.4. The average molecular weight is 380 g/mol. The molecule has 5 heteroatoms. The number of benzene rings is 2. The number of nitrogens with zero attached hydrogens (tertiary/aromatic N) is 2. The number of likely N-dealkylation sites (tertiary alicyclic amines) is 1. The summed E-state index contributed by atoms with van der Waals surface area (Å²) in [5.41, 5.74) is 2.65. The van der Waals surface area contributed by atoms with E-state index in [4.69, 9.17) is 0 Å². The Kier molecular flexibility index (Phi) is 6.82. The Morgan fingerprint density at radius 3 is 2.39 bits per heavy atom. The van der Waals surface area contributed by atoms with Gasteiger partial charge in [-0.2, -0.15) is 0 Å². The minimum Gasteiger partial charge on any atom is -0.394 e. The quantitative estimate of drug-likeness (QED) is 0.765. The highest BCUT2D eigenvalue weighted by atomic mass is 16.3. The van der Waals surface area contributed by atoms with Crippen molar-refractivity contribution in [2.24, 2.45) is 0 Å². The zero-order chi connectivity index (χ0) is 19.9. The number of aliphatic hydroxyl groups is 1. The maximum absolute atomic E-state index is 13.2. The lowest BCUT2D eigenvalue weighted by atomic mass is 10.1. The lowest BCUT2D eigenvalue weighted by Gasteiger charge is -2.30. The number of carbonyl (C=O) groups is 2. The van der Waals surface area contributed by atoms with Crippen LogP contribution in [0.25, 0.3) is 0 Å². The van der Waals surface area contributed by atoms with Crippen LogP contribution in [-0.2, 0) is 17.9 Å². The fourth-order valence-corrected chi connectivity index (χ4v) is 3.61. The molecule has 2 aromatic carbocycles. The van der Waals surface area contributed by atoms with Gasteiger partial charge in [-0.1, -0.05) is 49.4 Å². The number of hydrogen-bond acceptors (Lipinski definition) is 3. The topological polar surface area (TPSA) is 60.9 Å². The van der Waals surface area contributed by atoms with Crippen molar-refractivity contribution in [2.45, 2.75) is 45.3 Å². The Hall–Kier alpha value is -2.66. The van der Waals surface area contributed by atoms with Gasteiger partial charge in [0.05, 0.1) is 12.6 Å². The molecule has 0 unspecified atom stereocenters. The van der Waals surface area contributed by atoms with Crippen LogP contribution in [0.5, 0.6) is 0 Å². The number of rotatable bonds is 8. The summed E-state index contributed by atoms with van der Waals surface area (Å²) in [6.45, 7) is 3.77. The van der Waals surface area contributed by atoms with Gasteiger partial charge < -0.3 is 14.9 Å². The second-order valence-electron chi connectivity index (χ2n) is 7.28. The van der Waals surface area contributed by atoms with Crippen LogP contribution in [0.1, 0.15) is 47.7 Å². The number of hydrogen-bond donors (Lipinski definition) is 1. The molecule has 0 spiro atoms. The standard InChI is InChI=1S/C23H28N2O3/c1-2-21(17-26)25(16-18-7-4-3-5-8-18)23(28)20-12-10-19(11-13-20)15-24-14-6-9-22(24)27/h3-5,7-8,10-13,21,26H,2,6,9,14-17H2,1H3/t21-/m0/s1. The van der Waals surface area contributed by atoms with Crippen LogP contribution in [0.2, 0.25) is 0 Å². The van der Waals surface area contributed by atoms with Gasteiger partial charge in [0.15, 0.2) is 0 Å². The third kappa shape index (κ3) is 4.78. The number of amides is 2. The van der Waals surface area contributed by atoms with Crippen LogP contribution in [0.3, 0.4) is 0 Å². The normalized spacial score (nSPS) is 14.9. The maximum Gasteiger partial charge on any atom is 0.254 e. The monoisotopic (exact) mass is 380 g/mol. The first kappa shape index (κ1) is 20.1. The van der Waals surface area contributed by atoms with Gasteiger partial charge in [0.1, 0.15) is 0 Å². The molecule has 0 aromatic heterocycles. The molecule has 1 N–H and O–H groups in total.